The van der Waals surface area contributed by atoms with Crippen molar-refractivity contribution in [3.8, 4) is 0 Å². The Kier molecular flexibility index (Phi) is 5.42. The summed E-state index contributed by atoms with van der Waals surface area (Å²) in [6, 6.07) is 14.0. The number of carbonyl (C=O) groups is 2. The molecule has 2 aromatic rings. The molecule has 7 nitrogen and oxygen atoms in total. The van der Waals surface area contributed by atoms with Crippen LogP contribution in [0.3, 0.4) is 0 Å². The third kappa shape index (κ3) is 4.17. The number of hydrogen-bond donors (Lipinski definition) is 1. The van der Waals surface area contributed by atoms with Gasteiger partial charge in [-0.05, 0) is 35.7 Å². The van der Waals surface area contributed by atoms with E-state index in [1.165, 1.54) is 4.90 Å². The van der Waals surface area contributed by atoms with Crippen LogP contribution in [0.15, 0.2) is 48.5 Å². The number of hydrogen-bond acceptors (Lipinski definition) is 4. The number of amides is 2. The fourth-order valence-electron chi connectivity index (χ4n) is 3.09. The van der Waals surface area contributed by atoms with E-state index in [0.29, 0.717) is 23.0 Å². The highest BCUT2D eigenvalue weighted by Gasteiger charge is 2.30. The summed E-state index contributed by atoms with van der Waals surface area (Å²) in [4.78, 5) is 26.2. The molecule has 0 radical (unpaired) electrons. The number of carbonyl (C=O) groups excluding carboxylic acids is 2. The Morgan fingerprint density at radius 3 is 2.39 bits per heavy atom. The average Bonchev–Trinajstić information content (AvgIpc) is 2.64. The van der Waals surface area contributed by atoms with E-state index in [4.69, 9.17) is 0 Å². The molecule has 148 valence electrons. The van der Waals surface area contributed by atoms with Gasteiger partial charge >= 0.3 is 0 Å². The molecule has 2 aromatic carbocycles. The lowest BCUT2D eigenvalue weighted by Crippen LogP contribution is -2.47. The van der Waals surface area contributed by atoms with Crippen molar-refractivity contribution in [3.05, 3.63) is 54.1 Å². The fourth-order valence-corrected chi connectivity index (χ4v) is 3.94. The number of fused-ring (bicyclic) bond motifs is 1. The second kappa shape index (κ2) is 7.63. The quantitative estimate of drug-likeness (QED) is 0.834. The molecule has 1 heterocycles. The lowest BCUT2D eigenvalue weighted by molar-refractivity contribution is -0.121. The largest absolute Gasteiger partial charge is 0.323 e. The molecule has 0 atom stereocenters. The van der Waals surface area contributed by atoms with Crippen LogP contribution in [0, 0.1) is 0 Å². The van der Waals surface area contributed by atoms with Gasteiger partial charge in [-0.15, -0.1) is 0 Å². The third-order valence-corrected chi connectivity index (χ3v) is 5.74. The molecule has 0 spiro atoms. The Morgan fingerprint density at radius 1 is 1.14 bits per heavy atom. The molecule has 0 unspecified atom stereocenters. The number of sulfonamides is 1. The predicted octanol–water partition coefficient (Wildman–Crippen LogP) is 2.56. The lowest BCUT2D eigenvalue weighted by Gasteiger charge is -2.31. The SMILES string of the molecule is CC(C)c1ccc(N(CC(=O)N2CC(=O)Nc3ccccc32)S(C)(=O)=O)cc1. The number of para-hydroxylation sites is 2. The molecule has 2 amide bonds. The maximum absolute atomic E-state index is 13.0. The van der Waals surface area contributed by atoms with Gasteiger partial charge in [0.25, 0.3) is 0 Å². The number of benzene rings is 2. The topological polar surface area (TPSA) is 86.8 Å². The van der Waals surface area contributed by atoms with Crippen molar-refractivity contribution in [1.82, 2.24) is 0 Å². The van der Waals surface area contributed by atoms with Crippen LogP contribution in [0.25, 0.3) is 0 Å². The van der Waals surface area contributed by atoms with Gasteiger partial charge in [0.15, 0.2) is 0 Å². The van der Waals surface area contributed by atoms with E-state index >= 15 is 0 Å². The van der Waals surface area contributed by atoms with E-state index in [1.54, 1.807) is 36.4 Å². The molecule has 1 aliphatic heterocycles. The van der Waals surface area contributed by atoms with Crippen molar-refractivity contribution in [2.75, 3.05) is 33.9 Å². The van der Waals surface area contributed by atoms with E-state index in [-0.39, 0.29) is 19.0 Å². The van der Waals surface area contributed by atoms with Crippen molar-refractivity contribution in [3.63, 3.8) is 0 Å². The fraction of sp³-hybridized carbons (Fsp3) is 0.300. The standard InChI is InChI=1S/C20H23N3O4S/c1-14(2)15-8-10-16(11-9-15)23(28(3,26)27)13-20(25)22-12-19(24)21-17-6-4-5-7-18(17)22/h4-11,14H,12-13H2,1-3H3,(H,21,24). The van der Waals surface area contributed by atoms with Gasteiger partial charge in [0.05, 0.1) is 23.3 Å². The van der Waals surface area contributed by atoms with Crippen LogP contribution in [0.4, 0.5) is 17.1 Å². The van der Waals surface area contributed by atoms with E-state index in [1.807, 2.05) is 26.0 Å². The molecule has 0 bridgehead atoms. The zero-order valence-corrected chi connectivity index (χ0v) is 16.9. The molecule has 1 N–H and O–H groups in total. The number of anilines is 3. The predicted molar refractivity (Wildman–Crippen MR) is 110 cm³/mol. The monoisotopic (exact) mass is 401 g/mol. The summed E-state index contributed by atoms with van der Waals surface area (Å²) in [5.41, 5.74) is 2.56. The van der Waals surface area contributed by atoms with Crippen LogP contribution in [0.2, 0.25) is 0 Å². The number of nitrogens with zero attached hydrogens (tertiary/aromatic N) is 2. The smallest absolute Gasteiger partial charge is 0.248 e. The molecule has 28 heavy (non-hydrogen) atoms. The van der Waals surface area contributed by atoms with Crippen molar-refractivity contribution in [2.24, 2.45) is 0 Å². The van der Waals surface area contributed by atoms with Crippen LogP contribution in [0.5, 0.6) is 0 Å². The molecular weight excluding hydrogens is 378 g/mol. The minimum atomic E-state index is -3.69. The van der Waals surface area contributed by atoms with Crippen LogP contribution < -0.4 is 14.5 Å². The zero-order valence-electron chi connectivity index (χ0n) is 16.0. The summed E-state index contributed by atoms with van der Waals surface area (Å²) in [5, 5.41) is 2.71. The maximum Gasteiger partial charge on any atom is 0.248 e. The van der Waals surface area contributed by atoms with Crippen LogP contribution >= 0.6 is 0 Å². The molecule has 0 aromatic heterocycles. The molecule has 0 saturated heterocycles. The van der Waals surface area contributed by atoms with Gasteiger partial charge in [0.2, 0.25) is 21.8 Å². The summed E-state index contributed by atoms with van der Waals surface area (Å²) in [5.74, 6) is -0.481. The molecule has 1 aliphatic rings. The zero-order chi connectivity index (χ0) is 20.5. The summed E-state index contributed by atoms with van der Waals surface area (Å²) in [6.45, 7) is 3.55. The Morgan fingerprint density at radius 2 is 1.79 bits per heavy atom. The van der Waals surface area contributed by atoms with Crippen molar-refractivity contribution in [1.29, 1.82) is 0 Å². The van der Waals surface area contributed by atoms with Crippen molar-refractivity contribution >= 4 is 38.9 Å². The molecule has 8 heteroatoms. The Bertz CT molecular complexity index is 1000. The van der Waals surface area contributed by atoms with Gasteiger partial charge in [0.1, 0.15) is 13.1 Å². The highest BCUT2D eigenvalue weighted by atomic mass is 32.2. The van der Waals surface area contributed by atoms with Gasteiger partial charge in [-0.25, -0.2) is 8.42 Å². The second-order valence-corrected chi connectivity index (χ2v) is 8.97. The van der Waals surface area contributed by atoms with Gasteiger partial charge in [-0.2, -0.15) is 0 Å². The Balaban J connectivity index is 1.90. The van der Waals surface area contributed by atoms with E-state index in [9.17, 15) is 18.0 Å². The molecule has 3 rings (SSSR count). The van der Waals surface area contributed by atoms with Crippen molar-refractivity contribution < 1.29 is 18.0 Å². The number of nitrogens with one attached hydrogen (secondary N) is 1. The molecule has 0 aliphatic carbocycles. The molecule has 0 saturated carbocycles. The first-order chi connectivity index (χ1) is 13.2. The van der Waals surface area contributed by atoms with Gasteiger partial charge in [-0.3, -0.25) is 18.8 Å². The first kappa shape index (κ1) is 19.9. The summed E-state index contributed by atoms with van der Waals surface area (Å²) >= 11 is 0. The van der Waals surface area contributed by atoms with Crippen molar-refractivity contribution in [2.45, 2.75) is 19.8 Å². The van der Waals surface area contributed by atoms with Gasteiger partial charge in [-0.1, -0.05) is 38.1 Å². The minimum absolute atomic E-state index is 0.153. The number of rotatable bonds is 5. The molecule has 0 fully saturated rings. The van der Waals surface area contributed by atoms with Crippen LogP contribution in [-0.4, -0.2) is 39.6 Å². The van der Waals surface area contributed by atoms with Gasteiger partial charge in [0, 0.05) is 0 Å². The first-order valence-corrected chi connectivity index (χ1v) is 10.8. The highest BCUT2D eigenvalue weighted by Crippen LogP contribution is 2.29. The van der Waals surface area contributed by atoms with E-state index < -0.39 is 15.9 Å². The summed E-state index contributed by atoms with van der Waals surface area (Å²) < 4.78 is 25.8. The first-order valence-electron chi connectivity index (χ1n) is 8.93. The third-order valence-electron chi connectivity index (χ3n) is 4.60. The molecular formula is C20H23N3O4S. The maximum atomic E-state index is 13.0. The summed E-state index contributed by atoms with van der Waals surface area (Å²) in [7, 11) is -3.69. The van der Waals surface area contributed by atoms with Gasteiger partial charge < -0.3 is 5.32 Å². The normalized spacial score (nSPS) is 13.9. The highest BCUT2D eigenvalue weighted by molar-refractivity contribution is 7.92. The minimum Gasteiger partial charge on any atom is -0.323 e. The van der Waals surface area contributed by atoms with E-state index in [2.05, 4.69) is 5.32 Å². The van der Waals surface area contributed by atoms with E-state index in [0.717, 1.165) is 16.1 Å². The second-order valence-electron chi connectivity index (χ2n) is 7.06. The average molecular weight is 401 g/mol. The Labute approximate surface area is 165 Å². The van der Waals surface area contributed by atoms with Crippen LogP contribution in [-0.2, 0) is 19.6 Å². The summed E-state index contributed by atoms with van der Waals surface area (Å²) in [6.07, 6.45) is 1.06. The van der Waals surface area contributed by atoms with Crippen LogP contribution in [0.1, 0.15) is 25.3 Å². The Hall–Kier alpha value is -2.87. The lowest BCUT2D eigenvalue weighted by atomic mass is 10.0.